The van der Waals surface area contributed by atoms with E-state index in [0.29, 0.717) is 6.42 Å². The van der Waals surface area contributed by atoms with Crippen LogP contribution in [0.5, 0.6) is 0 Å². The number of aromatic nitrogens is 1. The number of nitro groups is 1. The maximum atomic E-state index is 12.4. The van der Waals surface area contributed by atoms with Gasteiger partial charge in [0.1, 0.15) is 5.69 Å². The highest BCUT2D eigenvalue weighted by atomic mass is 32.2. The topological polar surface area (TPSA) is 117 Å². The van der Waals surface area contributed by atoms with Crippen molar-refractivity contribution in [3.05, 3.63) is 58.4 Å². The SMILES string of the molecule is CC(Nc1ccc(S(=O)(=O)NCCCN(C)C)cc1[N+](=O)[O-])c1ccccn1. The molecule has 0 aliphatic rings. The summed E-state index contributed by atoms with van der Waals surface area (Å²) in [5, 5.41) is 14.5. The summed E-state index contributed by atoms with van der Waals surface area (Å²) in [5.74, 6) is 0. The number of rotatable bonds is 10. The van der Waals surface area contributed by atoms with Gasteiger partial charge in [0.25, 0.3) is 5.69 Å². The summed E-state index contributed by atoms with van der Waals surface area (Å²) in [6.45, 7) is 2.81. The van der Waals surface area contributed by atoms with Crippen LogP contribution < -0.4 is 10.0 Å². The molecule has 1 unspecified atom stereocenters. The fourth-order valence-corrected chi connectivity index (χ4v) is 3.67. The molecule has 0 saturated carbocycles. The van der Waals surface area contributed by atoms with Crippen molar-refractivity contribution >= 4 is 21.4 Å². The number of hydrogen-bond acceptors (Lipinski definition) is 7. The number of sulfonamides is 1. The summed E-state index contributed by atoms with van der Waals surface area (Å²) in [7, 11) is -0.0280. The number of pyridine rings is 1. The molecular formula is C18H25N5O4S. The Morgan fingerprint density at radius 3 is 2.61 bits per heavy atom. The lowest BCUT2D eigenvalue weighted by Gasteiger charge is -2.15. The monoisotopic (exact) mass is 407 g/mol. The molecule has 0 bridgehead atoms. The molecular weight excluding hydrogens is 382 g/mol. The Hall–Kier alpha value is -2.56. The highest BCUT2D eigenvalue weighted by molar-refractivity contribution is 7.89. The highest BCUT2D eigenvalue weighted by Crippen LogP contribution is 2.30. The third-order valence-corrected chi connectivity index (χ3v) is 5.51. The zero-order valence-electron chi connectivity index (χ0n) is 16.1. The molecule has 2 N–H and O–H groups in total. The van der Waals surface area contributed by atoms with Crippen LogP contribution in [0.1, 0.15) is 25.1 Å². The van der Waals surface area contributed by atoms with Crippen molar-refractivity contribution in [1.29, 1.82) is 0 Å². The van der Waals surface area contributed by atoms with E-state index in [-0.39, 0.29) is 28.9 Å². The molecule has 1 heterocycles. The maximum absolute atomic E-state index is 12.4. The van der Waals surface area contributed by atoms with Gasteiger partial charge in [0.05, 0.1) is 21.6 Å². The van der Waals surface area contributed by atoms with E-state index >= 15 is 0 Å². The van der Waals surface area contributed by atoms with Crippen molar-refractivity contribution < 1.29 is 13.3 Å². The molecule has 9 nitrogen and oxygen atoms in total. The Labute approximate surface area is 165 Å². The number of hydrogen-bond donors (Lipinski definition) is 2. The van der Waals surface area contributed by atoms with E-state index in [1.807, 2.05) is 32.0 Å². The van der Waals surface area contributed by atoms with E-state index in [2.05, 4.69) is 15.0 Å². The first kappa shape index (κ1) is 21.7. The Morgan fingerprint density at radius 2 is 2.00 bits per heavy atom. The van der Waals surface area contributed by atoms with E-state index in [1.54, 1.807) is 18.3 Å². The minimum absolute atomic E-state index is 0.139. The normalized spacial score (nSPS) is 12.7. The number of nitro benzene ring substituents is 1. The molecule has 0 amide bonds. The zero-order chi connectivity index (χ0) is 20.7. The Balaban J connectivity index is 2.19. The largest absolute Gasteiger partial charge is 0.371 e. The van der Waals surface area contributed by atoms with E-state index < -0.39 is 14.9 Å². The smallest absolute Gasteiger partial charge is 0.293 e. The molecule has 1 aromatic heterocycles. The quantitative estimate of drug-likeness (QED) is 0.353. The predicted molar refractivity (Wildman–Crippen MR) is 108 cm³/mol. The summed E-state index contributed by atoms with van der Waals surface area (Å²) in [5.41, 5.74) is 0.643. The molecule has 0 aliphatic heterocycles. The third kappa shape index (κ3) is 5.98. The molecule has 0 saturated heterocycles. The van der Waals surface area contributed by atoms with Crippen LogP contribution in [-0.4, -0.2) is 50.4 Å². The van der Waals surface area contributed by atoms with E-state index in [0.717, 1.165) is 18.3 Å². The number of anilines is 1. The molecule has 0 spiro atoms. The van der Waals surface area contributed by atoms with E-state index in [4.69, 9.17) is 0 Å². The van der Waals surface area contributed by atoms with Crippen LogP contribution in [0.25, 0.3) is 0 Å². The lowest BCUT2D eigenvalue weighted by molar-refractivity contribution is -0.384. The minimum atomic E-state index is -3.82. The van der Waals surface area contributed by atoms with E-state index in [1.165, 1.54) is 12.1 Å². The fraction of sp³-hybridized carbons (Fsp3) is 0.389. The molecule has 2 aromatic rings. The Kier molecular flexibility index (Phi) is 7.44. The van der Waals surface area contributed by atoms with E-state index in [9.17, 15) is 18.5 Å². The molecule has 10 heteroatoms. The van der Waals surface area contributed by atoms with Gasteiger partial charge >= 0.3 is 0 Å². The van der Waals surface area contributed by atoms with Crippen molar-refractivity contribution in [2.75, 3.05) is 32.5 Å². The van der Waals surface area contributed by atoms with Gasteiger partial charge in [0.2, 0.25) is 10.0 Å². The van der Waals surface area contributed by atoms with Gasteiger partial charge < -0.3 is 10.2 Å². The summed E-state index contributed by atoms with van der Waals surface area (Å²) in [6.07, 6.45) is 2.27. The van der Waals surface area contributed by atoms with Crippen LogP contribution in [0.4, 0.5) is 11.4 Å². The number of nitrogens with zero attached hydrogens (tertiary/aromatic N) is 3. The molecule has 28 heavy (non-hydrogen) atoms. The van der Waals surface area contributed by atoms with Crippen LogP contribution in [-0.2, 0) is 10.0 Å². The first-order valence-corrected chi connectivity index (χ1v) is 10.3. The second-order valence-corrected chi connectivity index (χ2v) is 8.38. The minimum Gasteiger partial charge on any atom is -0.371 e. The van der Waals surface area contributed by atoms with Crippen molar-refractivity contribution in [3.8, 4) is 0 Å². The second kappa shape index (κ2) is 9.58. The summed E-state index contributed by atoms with van der Waals surface area (Å²) in [6, 6.07) is 8.96. The zero-order valence-corrected chi connectivity index (χ0v) is 16.9. The molecule has 1 atom stereocenters. The first-order chi connectivity index (χ1) is 13.2. The van der Waals surface area contributed by atoms with Crippen molar-refractivity contribution in [2.24, 2.45) is 0 Å². The second-order valence-electron chi connectivity index (χ2n) is 6.61. The lowest BCUT2D eigenvalue weighted by atomic mass is 10.2. The van der Waals surface area contributed by atoms with Gasteiger partial charge in [-0.15, -0.1) is 0 Å². The van der Waals surface area contributed by atoms with Crippen LogP contribution in [0, 0.1) is 10.1 Å². The predicted octanol–water partition coefficient (Wildman–Crippen LogP) is 2.39. The third-order valence-electron chi connectivity index (χ3n) is 4.05. The van der Waals surface area contributed by atoms with Crippen LogP contribution >= 0.6 is 0 Å². The highest BCUT2D eigenvalue weighted by Gasteiger charge is 2.22. The lowest BCUT2D eigenvalue weighted by Crippen LogP contribution is -2.27. The number of nitrogens with one attached hydrogen (secondary N) is 2. The van der Waals surface area contributed by atoms with Gasteiger partial charge in [-0.05, 0) is 58.3 Å². The molecule has 0 fully saturated rings. The summed E-state index contributed by atoms with van der Waals surface area (Å²) < 4.78 is 27.3. The molecule has 2 rings (SSSR count). The van der Waals surface area contributed by atoms with Gasteiger partial charge in [-0.25, -0.2) is 13.1 Å². The average molecular weight is 407 g/mol. The van der Waals surface area contributed by atoms with Crippen LogP contribution in [0.15, 0.2) is 47.5 Å². The van der Waals surface area contributed by atoms with Gasteiger partial charge in [0.15, 0.2) is 0 Å². The standard InChI is InChI=1S/C18H25N5O4S/c1-14(16-7-4-5-10-19-16)21-17-9-8-15(13-18(17)23(24)25)28(26,27)20-11-6-12-22(2)3/h4-5,7-10,13-14,20-21H,6,11-12H2,1-3H3. The summed E-state index contributed by atoms with van der Waals surface area (Å²) in [4.78, 5) is 16.9. The number of benzene rings is 1. The molecule has 152 valence electrons. The van der Waals surface area contributed by atoms with Crippen molar-refractivity contribution in [3.63, 3.8) is 0 Å². The van der Waals surface area contributed by atoms with Crippen molar-refractivity contribution in [2.45, 2.75) is 24.3 Å². The molecule has 0 aliphatic carbocycles. The maximum Gasteiger partial charge on any atom is 0.293 e. The molecule has 1 aromatic carbocycles. The van der Waals surface area contributed by atoms with Crippen LogP contribution in [0.3, 0.4) is 0 Å². The Bertz CT molecular complexity index is 903. The summed E-state index contributed by atoms with van der Waals surface area (Å²) >= 11 is 0. The van der Waals surface area contributed by atoms with Crippen molar-refractivity contribution in [1.82, 2.24) is 14.6 Å². The van der Waals surface area contributed by atoms with Gasteiger partial charge in [-0.2, -0.15) is 0 Å². The van der Waals surface area contributed by atoms with Gasteiger partial charge in [0, 0.05) is 18.8 Å². The molecule has 0 radical (unpaired) electrons. The van der Waals surface area contributed by atoms with Crippen LogP contribution in [0.2, 0.25) is 0 Å². The average Bonchev–Trinajstić information content (AvgIpc) is 2.65. The Morgan fingerprint density at radius 1 is 1.25 bits per heavy atom. The fourth-order valence-electron chi connectivity index (χ4n) is 2.58. The first-order valence-electron chi connectivity index (χ1n) is 8.81. The van der Waals surface area contributed by atoms with Gasteiger partial charge in [-0.1, -0.05) is 6.07 Å². The van der Waals surface area contributed by atoms with Gasteiger partial charge in [-0.3, -0.25) is 15.1 Å².